The Bertz CT molecular complexity index is 939. The van der Waals surface area contributed by atoms with Crippen molar-refractivity contribution in [1.82, 2.24) is 9.88 Å². The van der Waals surface area contributed by atoms with E-state index in [1.54, 1.807) is 6.20 Å². The fraction of sp³-hybridized carbons (Fsp3) is 0.577. The van der Waals surface area contributed by atoms with E-state index in [2.05, 4.69) is 27.3 Å². The van der Waals surface area contributed by atoms with E-state index in [4.69, 9.17) is 9.84 Å². The van der Waals surface area contributed by atoms with E-state index in [1.165, 1.54) is 41.5 Å². The van der Waals surface area contributed by atoms with Crippen molar-refractivity contribution in [3.8, 4) is 0 Å². The summed E-state index contributed by atoms with van der Waals surface area (Å²) in [5, 5.41) is 12.5. The highest BCUT2D eigenvalue weighted by Gasteiger charge is 2.34. The summed E-state index contributed by atoms with van der Waals surface area (Å²) in [4.78, 5) is 30.8. The van der Waals surface area contributed by atoms with Crippen molar-refractivity contribution in [2.24, 2.45) is 0 Å². The Kier molecular flexibility index (Phi) is 9.85. The number of thioether (sulfide) groups is 1. The van der Waals surface area contributed by atoms with Crippen LogP contribution in [0.1, 0.15) is 69.8 Å². The van der Waals surface area contributed by atoms with Gasteiger partial charge in [-0.05, 0) is 44.1 Å². The van der Waals surface area contributed by atoms with Crippen LogP contribution in [0.5, 0.6) is 0 Å². The number of aliphatic carboxylic acids is 1. The number of anilines is 1. The first-order valence-electron chi connectivity index (χ1n) is 12.6. The standard InChI is InChI=1S/C26H35N3O4S2/c30-23(31)18-34-24-16-27-25(35-24)28-26(32)29(20-10-6-1-2-7-11-20)21-12-14-22(15-13-21)33-17-19-8-4-3-5-9-19/h3-5,8-9,16,20-22H,1-2,6-7,10-15,17-18H2,(H,30,31)(H,27,28,32). The van der Waals surface area contributed by atoms with Gasteiger partial charge in [-0.3, -0.25) is 10.1 Å². The minimum absolute atomic E-state index is 0.0145. The van der Waals surface area contributed by atoms with Crippen molar-refractivity contribution in [3.05, 3.63) is 42.1 Å². The fourth-order valence-corrected chi connectivity index (χ4v) is 6.70. The molecule has 2 aromatic rings. The minimum atomic E-state index is -0.864. The number of benzene rings is 1. The van der Waals surface area contributed by atoms with Gasteiger partial charge in [-0.25, -0.2) is 9.78 Å². The highest BCUT2D eigenvalue weighted by molar-refractivity contribution is 8.01. The third kappa shape index (κ3) is 7.95. The monoisotopic (exact) mass is 517 g/mol. The molecule has 0 spiro atoms. The Morgan fingerprint density at radius 3 is 2.40 bits per heavy atom. The number of carboxylic acid groups (broad SMARTS) is 1. The van der Waals surface area contributed by atoms with E-state index in [0.717, 1.165) is 55.6 Å². The second kappa shape index (κ2) is 13.3. The summed E-state index contributed by atoms with van der Waals surface area (Å²) in [6.45, 7) is 0.634. The molecular weight excluding hydrogens is 482 g/mol. The number of ether oxygens (including phenoxy) is 1. The van der Waals surface area contributed by atoms with Gasteiger partial charge >= 0.3 is 12.0 Å². The van der Waals surface area contributed by atoms with Crippen LogP contribution in [0, 0.1) is 0 Å². The van der Waals surface area contributed by atoms with Crippen LogP contribution >= 0.6 is 23.1 Å². The van der Waals surface area contributed by atoms with Gasteiger partial charge in [-0.1, -0.05) is 67.4 Å². The molecule has 1 aromatic carbocycles. The zero-order chi connectivity index (χ0) is 24.5. The number of carbonyl (C=O) groups excluding carboxylic acids is 1. The fourth-order valence-electron chi connectivity index (χ4n) is 5.12. The Balaban J connectivity index is 1.36. The number of amides is 2. The largest absolute Gasteiger partial charge is 0.481 e. The molecule has 1 heterocycles. The van der Waals surface area contributed by atoms with Crippen LogP contribution < -0.4 is 5.32 Å². The molecule has 35 heavy (non-hydrogen) atoms. The molecule has 2 amide bonds. The van der Waals surface area contributed by atoms with Gasteiger partial charge in [0.05, 0.1) is 28.9 Å². The van der Waals surface area contributed by atoms with E-state index in [9.17, 15) is 9.59 Å². The Morgan fingerprint density at radius 1 is 1.03 bits per heavy atom. The number of nitrogens with one attached hydrogen (secondary N) is 1. The van der Waals surface area contributed by atoms with Crippen molar-refractivity contribution < 1.29 is 19.4 Å². The van der Waals surface area contributed by atoms with Crippen LogP contribution in [-0.2, 0) is 16.1 Å². The zero-order valence-electron chi connectivity index (χ0n) is 20.1. The smallest absolute Gasteiger partial charge is 0.324 e. The van der Waals surface area contributed by atoms with E-state index in [1.807, 2.05) is 18.2 Å². The number of hydrogen-bond donors (Lipinski definition) is 2. The van der Waals surface area contributed by atoms with Crippen molar-refractivity contribution >= 4 is 40.2 Å². The third-order valence-electron chi connectivity index (χ3n) is 6.85. The molecule has 2 saturated carbocycles. The predicted octanol–water partition coefficient (Wildman–Crippen LogP) is 6.40. The minimum Gasteiger partial charge on any atom is -0.481 e. The first kappa shape index (κ1) is 26.0. The van der Waals surface area contributed by atoms with Gasteiger partial charge < -0.3 is 14.7 Å². The van der Waals surface area contributed by atoms with Crippen LogP contribution in [0.2, 0.25) is 0 Å². The summed E-state index contributed by atoms with van der Waals surface area (Å²) >= 11 is 2.56. The lowest BCUT2D eigenvalue weighted by atomic mass is 9.90. The van der Waals surface area contributed by atoms with Crippen LogP contribution in [-0.4, -0.2) is 50.9 Å². The van der Waals surface area contributed by atoms with Crippen LogP contribution in [0.4, 0.5) is 9.93 Å². The molecule has 0 bridgehead atoms. The summed E-state index contributed by atoms with van der Waals surface area (Å²) in [5.74, 6) is -0.879. The SMILES string of the molecule is O=C(O)CSc1cnc(NC(=O)N(C2CCCCCC2)C2CCC(OCc3ccccc3)CC2)s1. The summed E-state index contributed by atoms with van der Waals surface area (Å²) < 4.78 is 6.98. The molecule has 2 aliphatic carbocycles. The quantitative estimate of drug-likeness (QED) is 0.295. The molecule has 190 valence electrons. The number of thiazole rings is 1. The first-order valence-corrected chi connectivity index (χ1v) is 14.4. The lowest BCUT2D eigenvalue weighted by Gasteiger charge is -2.41. The van der Waals surface area contributed by atoms with Crippen molar-refractivity contribution in [1.29, 1.82) is 0 Å². The van der Waals surface area contributed by atoms with Crippen molar-refractivity contribution in [3.63, 3.8) is 0 Å². The summed E-state index contributed by atoms with van der Waals surface area (Å²) in [5.41, 5.74) is 1.19. The predicted molar refractivity (Wildman–Crippen MR) is 140 cm³/mol. The molecule has 0 radical (unpaired) electrons. The van der Waals surface area contributed by atoms with Gasteiger partial charge in [-0.2, -0.15) is 0 Å². The van der Waals surface area contributed by atoms with Gasteiger partial charge in [0.2, 0.25) is 0 Å². The molecule has 9 heteroatoms. The number of urea groups is 1. The van der Waals surface area contributed by atoms with Gasteiger partial charge in [0, 0.05) is 12.1 Å². The number of aromatic nitrogens is 1. The van der Waals surface area contributed by atoms with E-state index >= 15 is 0 Å². The molecule has 0 atom stereocenters. The van der Waals surface area contributed by atoms with Crippen LogP contribution in [0.25, 0.3) is 0 Å². The van der Waals surface area contributed by atoms with Crippen LogP contribution in [0.3, 0.4) is 0 Å². The topological polar surface area (TPSA) is 91.8 Å². The molecule has 2 aliphatic rings. The second-order valence-electron chi connectivity index (χ2n) is 9.38. The second-order valence-corrected chi connectivity index (χ2v) is 11.7. The third-order valence-corrected chi connectivity index (χ3v) is 8.95. The molecule has 7 nitrogen and oxygen atoms in total. The maximum atomic E-state index is 13.5. The van der Waals surface area contributed by atoms with E-state index < -0.39 is 5.97 Å². The van der Waals surface area contributed by atoms with Gasteiger partial charge in [0.15, 0.2) is 5.13 Å². The van der Waals surface area contributed by atoms with Crippen molar-refractivity contribution in [2.75, 3.05) is 11.1 Å². The maximum Gasteiger partial charge on any atom is 0.324 e. The normalized spacial score (nSPS) is 21.3. The number of rotatable bonds is 9. The lowest BCUT2D eigenvalue weighted by molar-refractivity contribution is -0.133. The van der Waals surface area contributed by atoms with Gasteiger partial charge in [0.1, 0.15) is 0 Å². The Hall–Kier alpha value is -2.10. The first-order chi connectivity index (χ1) is 17.1. The molecule has 0 aliphatic heterocycles. The highest BCUT2D eigenvalue weighted by atomic mass is 32.2. The average molecular weight is 518 g/mol. The molecule has 0 saturated heterocycles. The number of nitrogens with zero attached hydrogens (tertiary/aromatic N) is 2. The van der Waals surface area contributed by atoms with Gasteiger partial charge in [0.25, 0.3) is 0 Å². The van der Waals surface area contributed by atoms with Gasteiger partial charge in [-0.15, -0.1) is 11.8 Å². The van der Waals surface area contributed by atoms with E-state index in [0.29, 0.717) is 11.7 Å². The number of carbonyl (C=O) groups is 2. The Morgan fingerprint density at radius 2 is 1.71 bits per heavy atom. The van der Waals surface area contributed by atoms with Crippen LogP contribution in [0.15, 0.2) is 40.7 Å². The number of carboxylic acids is 1. The highest BCUT2D eigenvalue weighted by Crippen LogP contribution is 2.33. The molecule has 4 rings (SSSR count). The lowest BCUT2D eigenvalue weighted by Crippen LogP contribution is -2.50. The Labute approximate surface area is 215 Å². The molecular formula is C26H35N3O4S2. The zero-order valence-corrected chi connectivity index (χ0v) is 21.7. The number of hydrogen-bond acceptors (Lipinski definition) is 6. The molecule has 2 fully saturated rings. The summed E-state index contributed by atoms with van der Waals surface area (Å²) in [6.07, 6.45) is 12.6. The average Bonchev–Trinajstić information content (AvgIpc) is 3.14. The summed E-state index contributed by atoms with van der Waals surface area (Å²) in [7, 11) is 0. The molecule has 2 N–H and O–H groups in total. The van der Waals surface area contributed by atoms with E-state index in [-0.39, 0.29) is 30.0 Å². The molecule has 1 aromatic heterocycles. The van der Waals surface area contributed by atoms with Crippen molar-refractivity contribution in [2.45, 2.75) is 93.2 Å². The summed E-state index contributed by atoms with van der Waals surface area (Å²) in [6, 6.07) is 10.7. The molecule has 0 unspecified atom stereocenters. The maximum absolute atomic E-state index is 13.5.